The van der Waals surface area contributed by atoms with Crippen LogP contribution in [-0.4, -0.2) is 31.2 Å². The molecule has 1 heterocycles. The molecule has 0 aliphatic carbocycles. The van der Waals surface area contributed by atoms with Crippen molar-refractivity contribution in [2.75, 3.05) is 15.9 Å². The van der Waals surface area contributed by atoms with Crippen LogP contribution < -0.4 is 14.5 Å². The van der Waals surface area contributed by atoms with Crippen LogP contribution in [-0.2, 0) is 21.9 Å². The zero-order valence-electron chi connectivity index (χ0n) is 17.6. The molecule has 3 rings (SSSR count). The number of aryl methyl sites for hydroxylation is 3. The van der Waals surface area contributed by atoms with Crippen molar-refractivity contribution in [3.63, 3.8) is 0 Å². The van der Waals surface area contributed by atoms with Gasteiger partial charge in [0.2, 0.25) is 15.9 Å². The molecule has 1 N–H and O–H groups in total. The molecule has 0 aliphatic heterocycles. The number of sulfonamides is 1. The van der Waals surface area contributed by atoms with Gasteiger partial charge in [-0.05, 0) is 55.7 Å². The number of rotatable bonds is 6. The molecule has 1 unspecified atom stereocenters. The summed E-state index contributed by atoms with van der Waals surface area (Å²) in [5, 5.41) is 2.82. The molecule has 2 aromatic carbocycles. The van der Waals surface area contributed by atoms with E-state index in [0.717, 1.165) is 38.9 Å². The Morgan fingerprint density at radius 3 is 2.53 bits per heavy atom. The van der Waals surface area contributed by atoms with Crippen LogP contribution in [0.4, 0.5) is 11.4 Å². The maximum Gasteiger partial charge on any atom is 0.307 e. The van der Waals surface area contributed by atoms with Gasteiger partial charge in [-0.2, -0.15) is 0 Å². The highest BCUT2D eigenvalue weighted by Gasteiger charge is 2.32. The molecule has 1 atom stereocenters. The molecular formula is C21H25N3O4S2. The fraction of sp³-hybridized carbons (Fsp3) is 0.333. The summed E-state index contributed by atoms with van der Waals surface area (Å²) in [6, 6.07) is 9.82. The minimum absolute atomic E-state index is 0.0851. The van der Waals surface area contributed by atoms with Crippen LogP contribution in [0.15, 0.2) is 41.2 Å². The number of aromatic nitrogens is 1. The number of fused-ring (bicyclic) bond motifs is 1. The Bertz CT molecular complexity index is 1280. The van der Waals surface area contributed by atoms with Gasteiger partial charge in [0.15, 0.2) is 0 Å². The van der Waals surface area contributed by atoms with E-state index in [9.17, 15) is 18.0 Å². The number of amides is 1. The Morgan fingerprint density at radius 1 is 1.20 bits per heavy atom. The molecule has 0 radical (unpaired) electrons. The van der Waals surface area contributed by atoms with Crippen LogP contribution in [0.2, 0.25) is 0 Å². The van der Waals surface area contributed by atoms with Crippen LogP contribution in [0.5, 0.6) is 0 Å². The van der Waals surface area contributed by atoms with E-state index in [4.69, 9.17) is 0 Å². The fourth-order valence-corrected chi connectivity index (χ4v) is 5.61. The van der Waals surface area contributed by atoms with Crippen LogP contribution in [0.1, 0.15) is 24.5 Å². The Balaban J connectivity index is 1.98. The monoisotopic (exact) mass is 447 g/mol. The molecule has 0 saturated carbocycles. The second kappa shape index (κ2) is 8.23. The first kappa shape index (κ1) is 22.0. The highest BCUT2D eigenvalue weighted by Crippen LogP contribution is 2.28. The zero-order chi connectivity index (χ0) is 22.2. The summed E-state index contributed by atoms with van der Waals surface area (Å²) in [5.41, 5.74) is 3.47. The molecule has 1 amide bonds. The lowest BCUT2D eigenvalue weighted by Crippen LogP contribution is -2.47. The van der Waals surface area contributed by atoms with Crippen molar-refractivity contribution in [1.82, 2.24) is 4.57 Å². The van der Waals surface area contributed by atoms with Crippen LogP contribution in [0.25, 0.3) is 10.2 Å². The van der Waals surface area contributed by atoms with Crippen molar-refractivity contribution >= 4 is 48.9 Å². The molecule has 30 heavy (non-hydrogen) atoms. The normalized spacial score (nSPS) is 12.7. The van der Waals surface area contributed by atoms with Crippen molar-refractivity contribution in [2.45, 2.75) is 33.2 Å². The van der Waals surface area contributed by atoms with Crippen LogP contribution in [0.3, 0.4) is 0 Å². The third-order valence-electron chi connectivity index (χ3n) is 4.99. The van der Waals surface area contributed by atoms with Gasteiger partial charge in [-0.3, -0.25) is 13.9 Å². The van der Waals surface area contributed by atoms with Gasteiger partial charge in [0, 0.05) is 12.7 Å². The number of nitrogens with one attached hydrogen (secondary N) is 1. The van der Waals surface area contributed by atoms with E-state index in [1.807, 2.05) is 26.0 Å². The Labute approximate surface area is 180 Å². The second-order valence-corrected chi connectivity index (χ2v) is 10.2. The van der Waals surface area contributed by atoms with Crippen molar-refractivity contribution in [2.24, 2.45) is 7.05 Å². The number of hydrogen-bond donors (Lipinski definition) is 1. The van der Waals surface area contributed by atoms with Gasteiger partial charge < -0.3 is 9.88 Å². The van der Waals surface area contributed by atoms with Crippen LogP contribution in [0, 0.1) is 13.8 Å². The first-order valence-electron chi connectivity index (χ1n) is 9.50. The largest absolute Gasteiger partial charge is 0.324 e. The number of thiazole rings is 1. The van der Waals surface area contributed by atoms with Gasteiger partial charge in [0.1, 0.15) is 6.04 Å². The quantitative estimate of drug-likeness (QED) is 0.627. The van der Waals surface area contributed by atoms with E-state index in [1.54, 1.807) is 42.8 Å². The van der Waals surface area contributed by atoms with E-state index in [2.05, 4.69) is 5.32 Å². The number of carbonyl (C=O) groups is 1. The number of carbonyl (C=O) groups excluding carboxylic acids is 1. The fourth-order valence-electron chi connectivity index (χ4n) is 3.43. The second-order valence-electron chi connectivity index (χ2n) is 7.37. The number of hydrogen-bond acceptors (Lipinski definition) is 5. The molecule has 7 nitrogen and oxygen atoms in total. The maximum atomic E-state index is 13.1. The molecular weight excluding hydrogens is 422 g/mol. The van der Waals surface area contributed by atoms with Crippen molar-refractivity contribution in [3.05, 3.63) is 57.2 Å². The Morgan fingerprint density at radius 2 is 1.90 bits per heavy atom. The van der Waals surface area contributed by atoms with Crippen molar-refractivity contribution in [3.8, 4) is 0 Å². The maximum absolute atomic E-state index is 13.1. The summed E-state index contributed by atoms with van der Waals surface area (Å²) < 4.78 is 28.9. The molecule has 160 valence electrons. The third kappa shape index (κ3) is 4.27. The molecule has 0 spiro atoms. The smallest absolute Gasteiger partial charge is 0.307 e. The first-order chi connectivity index (χ1) is 14.0. The predicted molar refractivity (Wildman–Crippen MR) is 123 cm³/mol. The van der Waals surface area contributed by atoms with Gasteiger partial charge in [-0.1, -0.05) is 30.4 Å². The standard InChI is InChI=1S/C21H25N3O4S2/c1-6-16(24(30(5,27)28)18-11-13(2)7-8-14(18)3)20(25)22-15-9-10-17-19(12-15)29-21(26)23(17)4/h7-12,16H,6H2,1-5H3,(H,22,25). The zero-order valence-corrected chi connectivity index (χ0v) is 19.2. The van der Waals surface area contributed by atoms with Gasteiger partial charge in [-0.15, -0.1) is 0 Å². The summed E-state index contributed by atoms with van der Waals surface area (Å²) in [4.78, 5) is 24.9. The van der Waals surface area contributed by atoms with Crippen molar-refractivity contribution in [1.29, 1.82) is 0 Å². The topological polar surface area (TPSA) is 88.5 Å². The van der Waals surface area contributed by atoms with E-state index in [0.29, 0.717) is 17.8 Å². The Kier molecular flexibility index (Phi) is 6.05. The molecule has 1 aromatic heterocycles. The van der Waals surface area contributed by atoms with E-state index in [1.165, 1.54) is 4.31 Å². The molecule has 0 bridgehead atoms. The summed E-state index contributed by atoms with van der Waals surface area (Å²) in [7, 11) is -2.02. The molecule has 0 aliphatic rings. The number of benzene rings is 2. The average molecular weight is 448 g/mol. The van der Waals surface area contributed by atoms with Gasteiger partial charge in [0.05, 0.1) is 22.2 Å². The van der Waals surface area contributed by atoms with Crippen LogP contribution >= 0.6 is 11.3 Å². The highest BCUT2D eigenvalue weighted by molar-refractivity contribution is 7.92. The van der Waals surface area contributed by atoms with E-state index >= 15 is 0 Å². The summed E-state index contributed by atoms with van der Waals surface area (Å²) in [6.45, 7) is 5.48. The molecule has 3 aromatic rings. The summed E-state index contributed by atoms with van der Waals surface area (Å²) >= 11 is 1.09. The van der Waals surface area contributed by atoms with Gasteiger partial charge in [0.25, 0.3) is 0 Å². The minimum Gasteiger partial charge on any atom is -0.324 e. The lowest BCUT2D eigenvalue weighted by Gasteiger charge is -2.31. The predicted octanol–water partition coefficient (Wildman–Crippen LogP) is 3.40. The molecule has 9 heteroatoms. The third-order valence-corrected chi connectivity index (χ3v) is 7.15. The molecule has 0 saturated heterocycles. The summed E-state index contributed by atoms with van der Waals surface area (Å²) in [5.74, 6) is -0.425. The SMILES string of the molecule is CCC(C(=O)Nc1ccc2c(c1)sc(=O)n2C)N(c1cc(C)ccc1C)S(C)(=O)=O. The van der Waals surface area contributed by atoms with Gasteiger partial charge in [-0.25, -0.2) is 8.42 Å². The molecule has 0 fully saturated rings. The summed E-state index contributed by atoms with van der Waals surface area (Å²) in [6.07, 6.45) is 1.41. The highest BCUT2D eigenvalue weighted by atomic mass is 32.2. The average Bonchev–Trinajstić information content (AvgIpc) is 2.94. The lowest BCUT2D eigenvalue weighted by atomic mass is 10.1. The minimum atomic E-state index is -3.71. The van der Waals surface area contributed by atoms with Gasteiger partial charge >= 0.3 is 4.87 Å². The Hall–Kier alpha value is -2.65. The van der Waals surface area contributed by atoms with Crippen molar-refractivity contribution < 1.29 is 13.2 Å². The van der Waals surface area contributed by atoms with E-state index in [-0.39, 0.29) is 4.87 Å². The van der Waals surface area contributed by atoms with E-state index < -0.39 is 22.0 Å². The number of anilines is 2. The first-order valence-corrected chi connectivity index (χ1v) is 12.2. The lowest BCUT2D eigenvalue weighted by molar-refractivity contribution is -0.117. The number of nitrogens with zero attached hydrogens (tertiary/aromatic N) is 2.